The maximum Gasteiger partial charge on any atom is 0.142 e. The number of furan rings is 1. The quantitative estimate of drug-likeness (QED) is 0.154. The van der Waals surface area contributed by atoms with Crippen molar-refractivity contribution < 1.29 is 4.42 Å². The highest BCUT2D eigenvalue weighted by molar-refractivity contribution is 7.80. The molecular weight excluding hydrogens is 771 g/mol. The Morgan fingerprint density at radius 3 is 2.19 bits per heavy atom. The summed E-state index contributed by atoms with van der Waals surface area (Å²) in [4.78, 5) is 3.47. The molecule has 7 aromatic carbocycles. The van der Waals surface area contributed by atoms with Gasteiger partial charge in [-0.1, -0.05) is 147 Å². The van der Waals surface area contributed by atoms with Crippen LogP contribution in [-0.4, -0.2) is 0 Å². The van der Waals surface area contributed by atoms with Crippen LogP contribution < -0.4 is 4.90 Å². The number of thiol groups is 1. The van der Waals surface area contributed by atoms with E-state index in [1.54, 1.807) is 0 Å². The number of hydrogen-bond acceptors (Lipinski definition) is 3. The molecule has 0 saturated heterocycles. The molecule has 2 nitrogen and oxygen atoms in total. The highest BCUT2D eigenvalue weighted by Crippen LogP contribution is 2.46. The van der Waals surface area contributed by atoms with Gasteiger partial charge in [-0.15, -0.1) is 12.6 Å². The Balaban J connectivity index is 1.01. The van der Waals surface area contributed by atoms with E-state index in [-0.39, 0.29) is 0 Å². The monoisotopic (exact) mass is 819 g/mol. The zero-order valence-electron chi connectivity index (χ0n) is 35.6. The van der Waals surface area contributed by atoms with E-state index < -0.39 is 0 Å². The van der Waals surface area contributed by atoms with E-state index in [0.717, 1.165) is 82.0 Å². The molecule has 0 spiro atoms. The van der Waals surface area contributed by atoms with Crippen LogP contribution in [0.25, 0.3) is 67.1 Å². The van der Waals surface area contributed by atoms with Gasteiger partial charge in [-0.3, -0.25) is 0 Å². The summed E-state index contributed by atoms with van der Waals surface area (Å²) in [5.74, 6) is 1.40. The van der Waals surface area contributed by atoms with Crippen molar-refractivity contribution in [3.05, 3.63) is 209 Å². The van der Waals surface area contributed by atoms with E-state index >= 15 is 0 Å². The number of nitrogens with zero attached hydrogens (tertiary/aromatic N) is 1. The van der Waals surface area contributed by atoms with Gasteiger partial charge in [0.2, 0.25) is 0 Å². The minimum atomic E-state index is 0.400. The van der Waals surface area contributed by atoms with Crippen molar-refractivity contribution in [2.75, 3.05) is 4.90 Å². The second kappa shape index (κ2) is 15.7. The van der Waals surface area contributed by atoms with Crippen molar-refractivity contribution in [2.24, 2.45) is 0 Å². The molecule has 1 aromatic heterocycles. The molecule has 3 aliphatic rings. The third-order valence-corrected chi connectivity index (χ3v) is 13.8. The third-order valence-electron chi connectivity index (χ3n) is 13.4. The van der Waals surface area contributed by atoms with Crippen molar-refractivity contribution in [1.29, 1.82) is 0 Å². The molecule has 0 atom stereocenters. The second-order valence-corrected chi connectivity index (χ2v) is 17.9. The lowest BCUT2D eigenvalue weighted by molar-refractivity contribution is 0.596. The minimum Gasteiger partial charge on any atom is -0.456 e. The summed E-state index contributed by atoms with van der Waals surface area (Å²) in [7, 11) is 0. The fourth-order valence-corrected chi connectivity index (χ4v) is 10.8. The van der Waals surface area contributed by atoms with Gasteiger partial charge in [0, 0.05) is 38.5 Å². The highest BCUT2D eigenvalue weighted by atomic mass is 32.1. The first kappa shape index (κ1) is 38.4. The summed E-state index contributed by atoms with van der Waals surface area (Å²) in [6.07, 6.45) is 14.0. The standard InChI is InChI=1S/C59H49NOS/c1-37(2)46-16-6-7-19-53(46)57-38(3)25-34-50(59(57)62)41-14-10-15-45(35-41)60(43-30-26-39(27-31-43)47-20-11-22-51-48-17-5-4-13-42(48)36-55(47)51)44-32-28-40(29-33-44)49-21-12-23-54-52-18-8-9-24-56(52)61-58(49)54/h4-7,9-17,19-26,28-30,32-35,37,62H,8,18,27,31,36H2,1-3H3. The summed E-state index contributed by atoms with van der Waals surface area (Å²) < 4.78 is 6.52. The van der Waals surface area contributed by atoms with E-state index in [0.29, 0.717) is 5.92 Å². The molecule has 302 valence electrons. The van der Waals surface area contributed by atoms with Crippen molar-refractivity contribution in [3.8, 4) is 44.5 Å². The van der Waals surface area contributed by atoms with Gasteiger partial charge in [-0.2, -0.15) is 0 Å². The molecule has 8 aromatic rings. The smallest absolute Gasteiger partial charge is 0.142 e. The van der Waals surface area contributed by atoms with Crippen molar-refractivity contribution in [2.45, 2.75) is 63.7 Å². The molecule has 0 saturated carbocycles. The average molecular weight is 820 g/mol. The maximum atomic E-state index is 6.52. The van der Waals surface area contributed by atoms with E-state index in [9.17, 15) is 0 Å². The Bertz CT molecular complexity index is 3150. The van der Waals surface area contributed by atoms with Gasteiger partial charge in [0.05, 0.1) is 0 Å². The van der Waals surface area contributed by atoms with Crippen LogP contribution in [-0.2, 0) is 12.8 Å². The van der Waals surface area contributed by atoms with Crippen LogP contribution in [0.15, 0.2) is 179 Å². The molecule has 0 radical (unpaired) electrons. The zero-order valence-corrected chi connectivity index (χ0v) is 36.5. The first-order valence-corrected chi connectivity index (χ1v) is 22.6. The fraction of sp³-hybridized carbons (Fsp3) is 0.153. The Labute approximate surface area is 371 Å². The number of fused-ring (bicyclic) bond motifs is 6. The second-order valence-electron chi connectivity index (χ2n) is 17.4. The Kier molecular flexibility index (Phi) is 9.74. The third kappa shape index (κ3) is 6.58. The van der Waals surface area contributed by atoms with Gasteiger partial charge < -0.3 is 9.32 Å². The first-order chi connectivity index (χ1) is 30.4. The van der Waals surface area contributed by atoms with Crippen molar-refractivity contribution in [3.63, 3.8) is 0 Å². The number of rotatable bonds is 8. The van der Waals surface area contributed by atoms with Crippen LogP contribution in [0.5, 0.6) is 0 Å². The van der Waals surface area contributed by atoms with Crippen LogP contribution in [0.4, 0.5) is 11.4 Å². The Hall–Kier alpha value is -6.55. The van der Waals surface area contributed by atoms with E-state index in [4.69, 9.17) is 17.0 Å². The maximum absolute atomic E-state index is 6.52. The normalized spacial score (nSPS) is 14.1. The van der Waals surface area contributed by atoms with Crippen LogP contribution in [0.3, 0.4) is 0 Å². The number of allylic oxidation sites excluding steroid dienone is 5. The number of benzene rings is 7. The summed E-state index contributed by atoms with van der Waals surface area (Å²) >= 11 is 5.32. The lowest BCUT2D eigenvalue weighted by Crippen LogP contribution is -2.18. The largest absolute Gasteiger partial charge is 0.456 e. The van der Waals surface area contributed by atoms with Gasteiger partial charge in [0.15, 0.2) is 0 Å². The molecule has 0 amide bonds. The topological polar surface area (TPSA) is 16.4 Å². The number of aryl methyl sites for hydroxylation is 2. The van der Waals surface area contributed by atoms with E-state index in [1.165, 1.54) is 72.3 Å². The molecule has 11 rings (SSSR count). The van der Waals surface area contributed by atoms with Gasteiger partial charge >= 0.3 is 0 Å². The molecule has 3 heteroatoms. The van der Waals surface area contributed by atoms with E-state index in [1.807, 2.05) is 0 Å². The van der Waals surface area contributed by atoms with E-state index in [2.05, 4.69) is 196 Å². The zero-order chi connectivity index (χ0) is 41.9. The van der Waals surface area contributed by atoms with Crippen molar-refractivity contribution >= 4 is 46.6 Å². The molecule has 3 aliphatic carbocycles. The molecule has 62 heavy (non-hydrogen) atoms. The average Bonchev–Trinajstić information content (AvgIpc) is 3.89. The molecule has 0 fully saturated rings. The molecule has 0 bridgehead atoms. The molecule has 0 N–H and O–H groups in total. The van der Waals surface area contributed by atoms with Gasteiger partial charge in [0.1, 0.15) is 11.3 Å². The Morgan fingerprint density at radius 1 is 0.597 bits per heavy atom. The van der Waals surface area contributed by atoms with Gasteiger partial charge in [-0.25, -0.2) is 0 Å². The summed E-state index contributed by atoms with van der Waals surface area (Å²) in [5.41, 5.74) is 23.8. The number of para-hydroxylation sites is 1. The lowest BCUT2D eigenvalue weighted by atomic mass is 9.88. The molecule has 0 aliphatic heterocycles. The van der Waals surface area contributed by atoms with Crippen LogP contribution >= 0.6 is 12.6 Å². The SMILES string of the molecule is Cc1ccc(-c2cccc(N(C3=CC=C(c4cccc5c4Cc4ccccc4-5)CC3)c3ccc(-c4cccc5c6c(oc45)C=CCC6)cc3)c2)c(S)c1-c1ccccc1C(C)C. The predicted molar refractivity (Wildman–Crippen MR) is 265 cm³/mol. The minimum absolute atomic E-state index is 0.400. The fourth-order valence-electron chi connectivity index (χ4n) is 10.3. The summed E-state index contributed by atoms with van der Waals surface area (Å²) in [6.45, 7) is 6.74. The van der Waals surface area contributed by atoms with Gasteiger partial charge in [0.25, 0.3) is 0 Å². The summed E-state index contributed by atoms with van der Waals surface area (Å²) in [6, 6.07) is 53.7. The first-order valence-electron chi connectivity index (χ1n) is 22.2. The van der Waals surface area contributed by atoms with Crippen molar-refractivity contribution in [1.82, 2.24) is 0 Å². The lowest BCUT2D eigenvalue weighted by Gasteiger charge is -2.31. The molecule has 1 heterocycles. The Morgan fingerprint density at radius 2 is 1.35 bits per heavy atom. The van der Waals surface area contributed by atoms with Gasteiger partial charge in [-0.05, 0) is 154 Å². The molecular formula is C59H49NOS. The van der Waals surface area contributed by atoms with Crippen LogP contribution in [0, 0.1) is 6.92 Å². The predicted octanol–water partition coefficient (Wildman–Crippen LogP) is 16.6. The van der Waals surface area contributed by atoms with Crippen LogP contribution in [0.1, 0.15) is 78.2 Å². The number of hydrogen-bond donors (Lipinski definition) is 1. The highest BCUT2D eigenvalue weighted by Gasteiger charge is 2.25. The number of anilines is 2. The molecule has 0 unspecified atom stereocenters. The summed E-state index contributed by atoms with van der Waals surface area (Å²) in [5, 5.41) is 1.22. The van der Waals surface area contributed by atoms with Crippen LogP contribution in [0.2, 0.25) is 0 Å².